The summed E-state index contributed by atoms with van der Waals surface area (Å²) in [5.74, 6) is 0. The fourth-order valence-electron chi connectivity index (χ4n) is 2.99. The van der Waals surface area contributed by atoms with Crippen LogP contribution in [0.25, 0.3) is 0 Å². The van der Waals surface area contributed by atoms with E-state index in [1.807, 2.05) is 0 Å². The molecule has 2 rings (SSSR count). The van der Waals surface area contributed by atoms with E-state index >= 15 is 0 Å². The molecule has 88 valence electrons. The Morgan fingerprint density at radius 2 is 2.00 bits per heavy atom. The topological polar surface area (TPSA) is 32.7 Å². The van der Waals surface area contributed by atoms with Crippen molar-refractivity contribution in [3.8, 4) is 0 Å². The van der Waals surface area contributed by atoms with Crippen LogP contribution in [0.3, 0.4) is 0 Å². The van der Waals surface area contributed by atoms with Crippen LogP contribution in [0.4, 0.5) is 0 Å². The van der Waals surface area contributed by atoms with Crippen LogP contribution >= 0.6 is 0 Å². The molecule has 1 atom stereocenters. The van der Waals surface area contributed by atoms with Gasteiger partial charge in [-0.2, -0.15) is 0 Å². The number of aliphatic hydroxyl groups excluding tert-OH is 1. The summed E-state index contributed by atoms with van der Waals surface area (Å²) in [5.41, 5.74) is 0. The predicted octanol–water partition coefficient (Wildman–Crippen LogP) is 1.40. The average Bonchev–Trinajstić information content (AvgIpc) is 2.75. The summed E-state index contributed by atoms with van der Waals surface area (Å²) >= 11 is 0. The molecular weight excluding hydrogens is 190 g/mol. The molecule has 0 aromatic rings. The van der Waals surface area contributed by atoms with E-state index < -0.39 is 0 Å². The van der Waals surface area contributed by atoms with Gasteiger partial charge in [0.1, 0.15) is 0 Å². The van der Waals surface area contributed by atoms with Crippen LogP contribution in [0.15, 0.2) is 0 Å². The molecule has 2 heterocycles. The van der Waals surface area contributed by atoms with Crippen LogP contribution < -0.4 is 0 Å². The lowest BCUT2D eigenvalue weighted by Crippen LogP contribution is -2.42. The second-order valence-corrected chi connectivity index (χ2v) is 4.74. The number of aliphatic hydroxyl groups is 1. The van der Waals surface area contributed by atoms with Gasteiger partial charge in [-0.3, -0.25) is 4.90 Å². The third-order valence-electron chi connectivity index (χ3n) is 3.78. The van der Waals surface area contributed by atoms with E-state index in [4.69, 9.17) is 9.84 Å². The van der Waals surface area contributed by atoms with Gasteiger partial charge in [0.2, 0.25) is 0 Å². The number of ether oxygens (including phenoxy) is 1. The second kappa shape index (κ2) is 5.83. The molecule has 2 aliphatic rings. The lowest BCUT2D eigenvalue weighted by molar-refractivity contribution is 0.0273. The highest BCUT2D eigenvalue weighted by Gasteiger charge is 2.30. The van der Waals surface area contributed by atoms with Gasteiger partial charge in [0, 0.05) is 31.9 Å². The van der Waals surface area contributed by atoms with E-state index in [0.717, 1.165) is 31.7 Å². The Balaban J connectivity index is 1.82. The summed E-state index contributed by atoms with van der Waals surface area (Å²) in [6, 6.07) is 1.49. The number of hydrogen-bond donors (Lipinski definition) is 1. The van der Waals surface area contributed by atoms with Crippen molar-refractivity contribution in [1.82, 2.24) is 4.90 Å². The highest BCUT2D eigenvalue weighted by molar-refractivity contribution is 4.85. The zero-order chi connectivity index (χ0) is 10.5. The Morgan fingerprint density at radius 1 is 1.20 bits per heavy atom. The van der Waals surface area contributed by atoms with Crippen molar-refractivity contribution in [3.05, 3.63) is 0 Å². The van der Waals surface area contributed by atoms with Gasteiger partial charge in [0.05, 0.1) is 0 Å². The molecule has 1 unspecified atom stereocenters. The number of nitrogens with zero attached hydrogens (tertiary/aromatic N) is 1. The first kappa shape index (κ1) is 11.4. The van der Waals surface area contributed by atoms with Gasteiger partial charge in [-0.15, -0.1) is 0 Å². The molecule has 3 heteroatoms. The summed E-state index contributed by atoms with van der Waals surface area (Å²) in [6.07, 6.45) is 7.22. The Kier molecular flexibility index (Phi) is 4.42. The average molecular weight is 213 g/mol. The summed E-state index contributed by atoms with van der Waals surface area (Å²) in [5, 5.41) is 8.88. The van der Waals surface area contributed by atoms with Crippen molar-refractivity contribution < 1.29 is 9.84 Å². The minimum absolute atomic E-state index is 0.345. The highest BCUT2D eigenvalue weighted by Crippen LogP contribution is 2.27. The van der Waals surface area contributed by atoms with Gasteiger partial charge in [-0.05, 0) is 45.1 Å². The minimum atomic E-state index is 0.345. The molecule has 1 N–H and O–H groups in total. The van der Waals surface area contributed by atoms with Crippen molar-refractivity contribution in [1.29, 1.82) is 0 Å². The Bertz CT molecular complexity index is 180. The van der Waals surface area contributed by atoms with E-state index in [0.29, 0.717) is 6.61 Å². The van der Waals surface area contributed by atoms with Gasteiger partial charge in [0.25, 0.3) is 0 Å². The maximum absolute atomic E-state index is 8.88. The zero-order valence-corrected chi connectivity index (χ0v) is 9.53. The van der Waals surface area contributed by atoms with Crippen molar-refractivity contribution in [3.63, 3.8) is 0 Å². The molecule has 0 saturated carbocycles. The van der Waals surface area contributed by atoms with E-state index in [2.05, 4.69) is 4.90 Å². The fourth-order valence-corrected chi connectivity index (χ4v) is 2.99. The Hall–Kier alpha value is -0.120. The summed E-state index contributed by atoms with van der Waals surface area (Å²) < 4.78 is 5.41. The van der Waals surface area contributed by atoms with E-state index in [1.54, 1.807) is 0 Å². The fraction of sp³-hybridized carbons (Fsp3) is 1.00. The van der Waals surface area contributed by atoms with Crippen LogP contribution in [0.2, 0.25) is 0 Å². The third-order valence-corrected chi connectivity index (χ3v) is 3.78. The standard InChI is InChI=1S/C12H23NO2/c14-8-2-4-11-3-1-7-13(11)12-5-9-15-10-6-12/h11-12,14H,1-10H2. The minimum Gasteiger partial charge on any atom is -0.396 e. The second-order valence-electron chi connectivity index (χ2n) is 4.74. The lowest BCUT2D eigenvalue weighted by Gasteiger charge is -2.35. The maximum atomic E-state index is 8.88. The molecule has 2 fully saturated rings. The van der Waals surface area contributed by atoms with E-state index in [9.17, 15) is 0 Å². The highest BCUT2D eigenvalue weighted by atomic mass is 16.5. The predicted molar refractivity (Wildman–Crippen MR) is 59.9 cm³/mol. The van der Waals surface area contributed by atoms with Crippen LogP contribution in [0, 0.1) is 0 Å². The van der Waals surface area contributed by atoms with Crippen LogP contribution in [0.1, 0.15) is 38.5 Å². The molecule has 0 radical (unpaired) electrons. The zero-order valence-electron chi connectivity index (χ0n) is 9.53. The van der Waals surface area contributed by atoms with Crippen LogP contribution in [-0.2, 0) is 4.74 Å². The Morgan fingerprint density at radius 3 is 2.73 bits per heavy atom. The molecule has 2 saturated heterocycles. The van der Waals surface area contributed by atoms with E-state index in [-0.39, 0.29) is 0 Å². The first-order chi connectivity index (χ1) is 7.42. The van der Waals surface area contributed by atoms with Crippen molar-refractivity contribution in [2.24, 2.45) is 0 Å². The SMILES string of the molecule is OCCCC1CCCN1C1CCOCC1. The lowest BCUT2D eigenvalue weighted by atomic mass is 10.0. The number of hydrogen-bond acceptors (Lipinski definition) is 3. The molecule has 15 heavy (non-hydrogen) atoms. The van der Waals surface area contributed by atoms with Crippen molar-refractivity contribution >= 4 is 0 Å². The summed E-state index contributed by atoms with van der Waals surface area (Å²) in [7, 11) is 0. The molecule has 0 bridgehead atoms. The van der Waals surface area contributed by atoms with Crippen molar-refractivity contribution in [2.75, 3.05) is 26.4 Å². The first-order valence-electron chi connectivity index (χ1n) is 6.36. The molecule has 2 aliphatic heterocycles. The molecule has 0 amide bonds. The van der Waals surface area contributed by atoms with Crippen molar-refractivity contribution in [2.45, 2.75) is 50.6 Å². The largest absolute Gasteiger partial charge is 0.396 e. The molecule has 0 aliphatic carbocycles. The Labute approximate surface area is 92.4 Å². The quantitative estimate of drug-likeness (QED) is 0.766. The van der Waals surface area contributed by atoms with Crippen LogP contribution in [0.5, 0.6) is 0 Å². The molecular formula is C12H23NO2. The van der Waals surface area contributed by atoms with Gasteiger partial charge < -0.3 is 9.84 Å². The van der Waals surface area contributed by atoms with Gasteiger partial charge >= 0.3 is 0 Å². The summed E-state index contributed by atoms with van der Waals surface area (Å²) in [4.78, 5) is 2.68. The smallest absolute Gasteiger partial charge is 0.0480 e. The molecule has 0 aromatic carbocycles. The molecule has 3 nitrogen and oxygen atoms in total. The van der Waals surface area contributed by atoms with Gasteiger partial charge in [-0.25, -0.2) is 0 Å². The van der Waals surface area contributed by atoms with E-state index in [1.165, 1.54) is 38.6 Å². The normalized spacial score (nSPS) is 29.8. The first-order valence-corrected chi connectivity index (χ1v) is 6.36. The van der Waals surface area contributed by atoms with Gasteiger partial charge in [0.15, 0.2) is 0 Å². The molecule has 0 aromatic heterocycles. The summed E-state index contributed by atoms with van der Waals surface area (Å²) in [6.45, 7) is 3.49. The maximum Gasteiger partial charge on any atom is 0.0480 e. The number of rotatable bonds is 4. The third kappa shape index (κ3) is 2.92. The molecule has 0 spiro atoms. The van der Waals surface area contributed by atoms with Gasteiger partial charge in [-0.1, -0.05) is 0 Å². The number of likely N-dealkylation sites (tertiary alicyclic amines) is 1. The van der Waals surface area contributed by atoms with Crippen LogP contribution in [-0.4, -0.2) is 48.5 Å². The monoisotopic (exact) mass is 213 g/mol.